The zero-order valence-corrected chi connectivity index (χ0v) is 12.6. The topological polar surface area (TPSA) is 46.3 Å². The van der Waals surface area contributed by atoms with Crippen LogP contribution in [-0.4, -0.2) is 40.4 Å². The molecule has 0 aromatic carbocycles. The van der Waals surface area contributed by atoms with E-state index < -0.39 is 0 Å². The molecular formula is C14H26N2OS. The van der Waals surface area contributed by atoms with Gasteiger partial charge in [-0.15, -0.1) is 11.8 Å². The summed E-state index contributed by atoms with van der Waals surface area (Å²) in [5.74, 6) is 2.13. The van der Waals surface area contributed by atoms with Gasteiger partial charge in [-0.1, -0.05) is 27.2 Å². The maximum absolute atomic E-state index is 12.2. The quantitative estimate of drug-likeness (QED) is 0.836. The van der Waals surface area contributed by atoms with Crippen LogP contribution in [-0.2, 0) is 4.79 Å². The maximum Gasteiger partial charge on any atom is 0.232 e. The fraction of sp³-hybridized carbons (Fsp3) is 0.929. The van der Waals surface area contributed by atoms with Gasteiger partial charge >= 0.3 is 0 Å². The molecule has 1 saturated carbocycles. The highest BCUT2D eigenvalue weighted by Crippen LogP contribution is 2.36. The van der Waals surface area contributed by atoms with Gasteiger partial charge in [-0.3, -0.25) is 4.79 Å². The maximum atomic E-state index is 12.2. The number of thioether (sulfide) groups is 1. The van der Waals surface area contributed by atoms with Gasteiger partial charge in [0.15, 0.2) is 0 Å². The number of amides is 1. The zero-order chi connectivity index (χ0) is 13.3. The Hall–Kier alpha value is -0.220. The van der Waals surface area contributed by atoms with E-state index in [1.54, 1.807) is 11.8 Å². The standard InChI is InChI=1S/C14H26N2OS/c1-14(2,3)18-9-13(17)16-7-10-5-4-6-12(15)11(10)8-16/h10-12H,4-9,15H2,1-3H3. The van der Waals surface area contributed by atoms with Crippen molar-refractivity contribution in [3.8, 4) is 0 Å². The van der Waals surface area contributed by atoms with Gasteiger partial charge < -0.3 is 10.6 Å². The number of carbonyl (C=O) groups is 1. The van der Waals surface area contributed by atoms with Crippen LogP contribution < -0.4 is 5.73 Å². The first-order valence-corrected chi connectivity index (χ1v) is 8.03. The minimum Gasteiger partial charge on any atom is -0.341 e. The Morgan fingerprint density at radius 2 is 2.06 bits per heavy atom. The average Bonchev–Trinajstić information content (AvgIpc) is 2.70. The van der Waals surface area contributed by atoms with E-state index in [9.17, 15) is 4.79 Å². The molecule has 0 aromatic heterocycles. The molecule has 1 saturated heterocycles. The van der Waals surface area contributed by atoms with Gasteiger partial charge in [0.25, 0.3) is 0 Å². The van der Waals surface area contributed by atoms with Gasteiger partial charge in [0.2, 0.25) is 5.91 Å². The van der Waals surface area contributed by atoms with Crippen LogP contribution in [0.15, 0.2) is 0 Å². The number of hydrogen-bond acceptors (Lipinski definition) is 3. The molecule has 104 valence electrons. The highest BCUT2D eigenvalue weighted by atomic mass is 32.2. The molecule has 2 rings (SSSR count). The third-order valence-electron chi connectivity index (χ3n) is 4.14. The monoisotopic (exact) mass is 270 g/mol. The van der Waals surface area contributed by atoms with Crippen LogP contribution in [0.2, 0.25) is 0 Å². The molecule has 3 nitrogen and oxygen atoms in total. The second kappa shape index (κ2) is 5.41. The van der Waals surface area contributed by atoms with E-state index in [1.807, 2.05) is 0 Å². The largest absolute Gasteiger partial charge is 0.341 e. The SMILES string of the molecule is CC(C)(C)SCC(=O)N1CC2CCCC(N)C2C1. The third kappa shape index (κ3) is 3.41. The molecule has 1 amide bonds. The third-order valence-corrected chi connectivity index (χ3v) is 5.39. The van der Waals surface area contributed by atoms with Crippen molar-refractivity contribution in [1.29, 1.82) is 0 Å². The molecule has 0 bridgehead atoms. The van der Waals surface area contributed by atoms with Gasteiger partial charge in [0.1, 0.15) is 0 Å². The molecule has 0 radical (unpaired) electrons. The van der Waals surface area contributed by atoms with Gasteiger partial charge in [-0.2, -0.15) is 0 Å². The lowest BCUT2D eigenvalue weighted by atomic mass is 9.78. The molecule has 1 aliphatic carbocycles. The van der Waals surface area contributed by atoms with Crippen molar-refractivity contribution in [2.45, 2.75) is 50.8 Å². The van der Waals surface area contributed by atoms with Crippen molar-refractivity contribution in [2.75, 3.05) is 18.8 Å². The van der Waals surface area contributed by atoms with Crippen molar-refractivity contribution in [3.05, 3.63) is 0 Å². The van der Waals surface area contributed by atoms with Crippen LogP contribution in [0.4, 0.5) is 0 Å². The van der Waals surface area contributed by atoms with E-state index in [2.05, 4.69) is 25.7 Å². The second-order valence-electron chi connectivity index (χ2n) is 6.72. The molecule has 1 aliphatic heterocycles. The van der Waals surface area contributed by atoms with E-state index >= 15 is 0 Å². The number of rotatable bonds is 2. The van der Waals surface area contributed by atoms with Crippen molar-refractivity contribution in [3.63, 3.8) is 0 Å². The van der Waals surface area contributed by atoms with E-state index in [0.29, 0.717) is 29.5 Å². The lowest BCUT2D eigenvalue weighted by Gasteiger charge is -2.29. The van der Waals surface area contributed by atoms with Gasteiger partial charge in [0.05, 0.1) is 5.75 Å². The molecular weight excluding hydrogens is 244 g/mol. The Bertz CT molecular complexity index is 313. The highest BCUT2D eigenvalue weighted by Gasteiger charge is 2.40. The number of fused-ring (bicyclic) bond motifs is 1. The summed E-state index contributed by atoms with van der Waals surface area (Å²) < 4.78 is 0.165. The van der Waals surface area contributed by atoms with E-state index in [0.717, 1.165) is 19.5 Å². The number of nitrogens with zero attached hydrogens (tertiary/aromatic N) is 1. The Morgan fingerprint density at radius 1 is 1.33 bits per heavy atom. The van der Waals surface area contributed by atoms with E-state index in [-0.39, 0.29) is 4.75 Å². The molecule has 1 heterocycles. The summed E-state index contributed by atoms with van der Waals surface area (Å²) in [6.45, 7) is 8.32. The van der Waals surface area contributed by atoms with Gasteiger partial charge in [-0.05, 0) is 24.7 Å². The fourth-order valence-corrected chi connectivity index (χ4v) is 3.83. The molecule has 0 aromatic rings. The fourth-order valence-electron chi connectivity index (χ4n) is 3.09. The lowest BCUT2D eigenvalue weighted by Crippen LogP contribution is -2.38. The van der Waals surface area contributed by atoms with Crippen molar-refractivity contribution < 1.29 is 4.79 Å². The van der Waals surface area contributed by atoms with Crippen molar-refractivity contribution >= 4 is 17.7 Å². The molecule has 2 aliphatic rings. The smallest absolute Gasteiger partial charge is 0.232 e. The Morgan fingerprint density at radius 3 is 2.67 bits per heavy atom. The molecule has 18 heavy (non-hydrogen) atoms. The average molecular weight is 270 g/mol. The number of nitrogens with two attached hydrogens (primary N) is 1. The summed E-state index contributed by atoms with van der Waals surface area (Å²) in [6.07, 6.45) is 3.63. The predicted octanol–water partition coefficient (Wildman–Crippen LogP) is 2.10. The normalized spacial score (nSPS) is 32.4. The molecule has 0 spiro atoms. The van der Waals surface area contributed by atoms with Crippen LogP contribution >= 0.6 is 11.8 Å². The molecule has 2 N–H and O–H groups in total. The first kappa shape index (κ1) is 14.2. The summed E-state index contributed by atoms with van der Waals surface area (Å²) in [6, 6.07) is 0.316. The minimum atomic E-state index is 0.165. The number of carbonyl (C=O) groups excluding carboxylic acids is 1. The van der Waals surface area contributed by atoms with Gasteiger partial charge in [0, 0.05) is 23.9 Å². The zero-order valence-electron chi connectivity index (χ0n) is 11.8. The van der Waals surface area contributed by atoms with Crippen LogP contribution in [0, 0.1) is 11.8 Å². The van der Waals surface area contributed by atoms with Crippen LogP contribution in [0.5, 0.6) is 0 Å². The van der Waals surface area contributed by atoms with Crippen LogP contribution in [0.25, 0.3) is 0 Å². The first-order chi connectivity index (χ1) is 8.37. The van der Waals surface area contributed by atoms with Gasteiger partial charge in [-0.25, -0.2) is 0 Å². The summed E-state index contributed by atoms with van der Waals surface area (Å²) in [7, 11) is 0. The van der Waals surface area contributed by atoms with E-state index in [4.69, 9.17) is 5.73 Å². The Balaban J connectivity index is 1.86. The van der Waals surface area contributed by atoms with Crippen LogP contribution in [0.3, 0.4) is 0 Å². The lowest BCUT2D eigenvalue weighted by molar-refractivity contribution is -0.127. The minimum absolute atomic E-state index is 0.165. The predicted molar refractivity (Wildman–Crippen MR) is 77.6 cm³/mol. The van der Waals surface area contributed by atoms with Crippen molar-refractivity contribution in [1.82, 2.24) is 4.90 Å². The van der Waals surface area contributed by atoms with Crippen molar-refractivity contribution in [2.24, 2.45) is 17.6 Å². The molecule has 3 unspecified atom stereocenters. The first-order valence-electron chi connectivity index (χ1n) is 7.04. The number of hydrogen-bond donors (Lipinski definition) is 1. The summed E-state index contributed by atoms with van der Waals surface area (Å²) in [5, 5.41) is 0. The highest BCUT2D eigenvalue weighted by molar-refractivity contribution is 8.01. The summed E-state index contributed by atoms with van der Waals surface area (Å²) in [5.41, 5.74) is 6.18. The van der Waals surface area contributed by atoms with E-state index in [1.165, 1.54) is 12.8 Å². The molecule has 2 fully saturated rings. The Labute approximate surface area is 115 Å². The number of likely N-dealkylation sites (tertiary alicyclic amines) is 1. The molecule has 4 heteroatoms. The second-order valence-corrected chi connectivity index (χ2v) is 8.52. The summed E-state index contributed by atoms with van der Waals surface area (Å²) in [4.78, 5) is 14.3. The Kier molecular flexibility index (Phi) is 4.27. The van der Waals surface area contributed by atoms with Crippen LogP contribution in [0.1, 0.15) is 40.0 Å². The summed E-state index contributed by atoms with van der Waals surface area (Å²) >= 11 is 1.74. The molecule has 3 atom stereocenters.